The van der Waals surface area contributed by atoms with Crippen molar-refractivity contribution in [2.75, 3.05) is 13.2 Å². The SMILES string of the molecule is CC\C=C/C=C\C=C/C=C\CCCCCC(=O)OC(COC(=O)CCCCCCC/C=C\CCCCC)COC(=O)CCCCCCCCC/C=C\C/C=C\CCCCC. The van der Waals surface area contributed by atoms with Gasteiger partial charge in [-0.3, -0.25) is 14.4 Å². The van der Waals surface area contributed by atoms with Crippen LogP contribution in [0, 0.1) is 0 Å². The summed E-state index contributed by atoms with van der Waals surface area (Å²) in [5.41, 5.74) is 0. The molecule has 0 spiro atoms. The molecule has 0 N–H and O–H groups in total. The summed E-state index contributed by atoms with van der Waals surface area (Å²) in [6.45, 7) is 6.39. The van der Waals surface area contributed by atoms with Gasteiger partial charge in [-0.2, -0.15) is 0 Å². The molecule has 0 heterocycles. The smallest absolute Gasteiger partial charge is 0.306 e. The molecule has 0 aliphatic rings. The topological polar surface area (TPSA) is 78.9 Å². The second-order valence-corrected chi connectivity index (χ2v) is 16.1. The first-order valence-electron chi connectivity index (χ1n) is 24.6. The van der Waals surface area contributed by atoms with Gasteiger partial charge in [-0.15, -0.1) is 0 Å². The Balaban J connectivity index is 4.45. The fraction of sp³-hybridized carbons (Fsp3) is 0.685. The van der Waals surface area contributed by atoms with Crippen LogP contribution in [0.4, 0.5) is 0 Å². The van der Waals surface area contributed by atoms with Crippen molar-refractivity contribution in [3.8, 4) is 0 Å². The van der Waals surface area contributed by atoms with Gasteiger partial charge in [-0.05, 0) is 96.3 Å². The highest BCUT2D eigenvalue weighted by molar-refractivity contribution is 5.71. The molecule has 0 rings (SSSR count). The summed E-state index contributed by atoms with van der Waals surface area (Å²) in [7, 11) is 0. The van der Waals surface area contributed by atoms with Crippen molar-refractivity contribution in [2.45, 2.75) is 226 Å². The minimum Gasteiger partial charge on any atom is -0.462 e. The van der Waals surface area contributed by atoms with Crippen molar-refractivity contribution in [1.82, 2.24) is 0 Å². The van der Waals surface area contributed by atoms with Crippen molar-refractivity contribution >= 4 is 17.9 Å². The summed E-state index contributed by atoms with van der Waals surface area (Å²) < 4.78 is 16.7. The molecule has 6 nitrogen and oxygen atoms in total. The van der Waals surface area contributed by atoms with E-state index in [1.165, 1.54) is 83.5 Å². The second-order valence-electron chi connectivity index (χ2n) is 16.1. The van der Waals surface area contributed by atoms with Gasteiger partial charge in [0.2, 0.25) is 0 Å². The highest BCUT2D eigenvalue weighted by atomic mass is 16.6. The van der Waals surface area contributed by atoms with E-state index in [0.717, 1.165) is 89.9 Å². The summed E-state index contributed by atoms with van der Waals surface area (Å²) in [6, 6.07) is 0. The molecule has 0 aromatic rings. The summed E-state index contributed by atoms with van der Waals surface area (Å²) in [5, 5.41) is 0. The van der Waals surface area contributed by atoms with Crippen molar-refractivity contribution in [3.63, 3.8) is 0 Å². The van der Waals surface area contributed by atoms with E-state index in [1.807, 2.05) is 36.5 Å². The lowest BCUT2D eigenvalue weighted by Crippen LogP contribution is -2.30. The second kappa shape index (κ2) is 48.3. The van der Waals surface area contributed by atoms with Gasteiger partial charge in [0.05, 0.1) is 0 Å². The summed E-state index contributed by atoms with van der Waals surface area (Å²) in [6.07, 6.45) is 61.3. The molecule has 1 atom stereocenters. The van der Waals surface area contributed by atoms with Gasteiger partial charge in [0.15, 0.2) is 6.10 Å². The summed E-state index contributed by atoms with van der Waals surface area (Å²) in [5.74, 6) is -0.960. The lowest BCUT2D eigenvalue weighted by molar-refractivity contribution is -0.167. The Kier molecular flexibility index (Phi) is 45.5. The molecule has 0 bridgehead atoms. The molecule has 0 aliphatic carbocycles. The molecule has 0 aliphatic heterocycles. The Labute approximate surface area is 369 Å². The first-order valence-corrected chi connectivity index (χ1v) is 24.6. The van der Waals surface area contributed by atoms with Crippen molar-refractivity contribution in [2.24, 2.45) is 0 Å². The van der Waals surface area contributed by atoms with Gasteiger partial charge < -0.3 is 14.2 Å². The molecule has 0 saturated heterocycles. The van der Waals surface area contributed by atoms with Gasteiger partial charge >= 0.3 is 17.9 Å². The average Bonchev–Trinajstić information content (AvgIpc) is 3.24. The maximum atomic E-state index is 12.7. The minimum absolute atomic E-state index is 0.100. The highest BCUT2D eigenvalue weighted by Gasteiger charge is 2.19. The van der Waals surface area contributed by atoms with Crippen LogP contribution in [0.25, 0.3) is 0 Å². The number of carbonyl (C=O) groups is 3. The van der Waals surface area contributed by atoms with Gasteiger partial charge in [0.1, 0.15) is 13.2 Å². The normalized spacial score (nSPS) is 12.8. The van der Waals surface area contributed by atoms with Crippen LogP contribution in [0.5, 0.6) is 0 Å². The molecular formula is C54H90O6. The minimum atomic E-state index is -0.802. The van der Waals surface area contributed by atoms with Gasteiger partial charge in [-0.25, -0.2) is 0 Å². The molecule has 6 heteroatoms. The maximum Gasteiger partial charge on any atom is 0.306 e. The largest absolute Gasteiger partial charge is 0.462 e. The van der Waals surface area contributed by atoms with E-state index in [0.29, 0.717) is 19.3 Å². The number of hydrogen-bond donors (Lipinski definition) is 0. The fourth-order valence-electron chi connectivity index (χ4n) is 6.48. The van der Waals surface area contributed by atoms with Crippen LogP contribution in [-0.4, -0.2) is 37.2 Å². The Bertz CT molecular complexity index is 1190. The molecule has 0 saturated carbocycles. The number of allylic oxidation sites excluding steroid dienone is 14. The molecule has 0 aromatic heterocycles. The van der Waals surface area contributed by atoms with E-state index in [4.69, 9.17) is 14.2 Å². The molecule has 0 fully saturated rings. The molecular weight excluding hydrogens is 745 g/mol. The quantitative estimate of drug-likeness (QED) is 0.0200. The summed E-state index contributed by atoms with van der Waals surface area (Å²) in [4.78, 5) is 37.9. The first-order chi connectivity index (χ1) is 29.5. The van der Waals surface area contributed by atoms with Gasteiger partial charge in [-0.1, -0.05) is 189 Å². The molecule has 0 radical (unpaired) electrons. The maximum absolute atomic E-state index is 12.7. The number of rotatable bonds is 43. The number of unbranched alkanes of at least 4 members (excludes halogenated alkanes) is 21. The number of hydrogen-bond acceptors (Lipinski definition) is 6. The standard InChI is InChI=1S/C54H90O6/c1-4-7-10-13-16-19-22-25-26-27-28-30-32-35-38-41-44-47-53(56)59-50-51(49-58-52(55)46-43-40-37-34-31-24-21-18-15-12-9-6-3)60-54(57)48-45-42-39-36-33-29-23-20-17-14-11-8-5-2/h8,11,14,16-21,23,25-26,29,33,51H,4-7,9-10,12-13,15,22,24,27-28,30-32,34-50H2,1-3H3/b11-8-,17-14-,19-16-,21-18-,23-20-,26-25-,33-29-. The molecule has 1 unspecified atom stereocenters. The Morgan fingerprint density at radius 3 is 1.18 bits per heavy atom. The molecule has 0 amide bonds. The highest BCUT2D eigenvalue weighted by Crippen LogP contribution is 2.13. The summed E-state index contributed by atoms with van der Waals surface area (Å²) >= 11 is 0. The third-order valence-electron chi connectivity index (χ3n) is 10.2. The van der Waals surface area contributed by atoms with Crippen LogP contribution in [-0.2, 0) is 28.6 Å². The Morgan fingerprint density at radius 1 is 0.367 bits per heavy atom. The average molecular weight is 835 g/mol. The number of esters is 3. The van der Waals surface area contributed by atoms with Crippen LogP contribution in [0.1, 0.15) is 220 Å². The zero-order valence-electron chi connectivity index (χ0n) is 38.9. The fourth-order valence-corrected chi connectivity index (χ4v) is 6.48. The molecule has 342 valence electrons. The van der Waals surface area contributed by atoms with E-state index in [1.54, 1.807) is 0 Å². The van der Waals surface area contributed by atoms with Crippen LogP contribution in [0.2, 0.25) is 0 Å². The van der Waals surface area contributed by atoms with Crippen molar-refractivity contribution in [3.05, 3.63) is 85.1 Å². The van der Waals surface area contributed by atoms with Crippen LogP contribution in [0.15, 0.2) is 85.1 Å². The van der Waals surface area contributed by atoms with E-state index in [-0.39, 0.29) is 37.5 Å². The van der Waals surface area contributed by atoms with Gasteiger partial charge in [0, 0.05) is 19.3 Å². The third-order valence-corrected chi connectivity index (χ3v) is 10.2. The lowest BCUT2D eigenvalue weighted by atomic mass is 10.1. The first kappa shape index (κ1) is 56.6. The number of ether oxygens (including phenoxy) is 3. The zero-order valence-corrected chi connectivity index (χ0v) is 38.9. The molecule has 60 heavy (non-hydrogen) atoms. The van der Waals surface area contributed by atoms with Crippen LogP contribution >= 0.6 is 0 Å². The zero-order chi connectivity index (χ0) is 43.7. The van der Waals surface area contributed by atoms with Crippen molar-refractivity contribution in [1.29, 1.82) is 0 Å². The van der Waals surface area contributed by atoms with E-state index in [2.05, 4.69) is 69.4 Å². The third kappa shape index (κ3) is 45.7. The van der Waals surface area contributed by atoms with E-state index in [9.17, 15) is 14.4 Å². The lowest BCUT2D eigenvalue weighted by Gasteiger charge is -2.18. The monoisotopic (exact) mass is 835 g/mol. The predicted molar refractivity (Wildman–Crippen MR) is 256 cm³/mol. The molecule has 0 aromatic carbocycles. The van der Waals surface area contributed by atoms with E-state index >= 15 is 0 Å². The number of carbonyl (C=O) groups excluding carboxylic acids is 3. The Hall–Kier alpha value is -3.41. The van der Waals surface area contributed by atoms with Crippen molar-refractivity contribution < 1.29 is 28.6 Å². The van der Waals surface area contributed by atoms with E-state index < -0.39 is 6.10 Å². The Morgan fingerprint density at radius 2 is 0.717 bits per heavy atom. The van der Waals surface area contributed by atoms with Gasteiger partial charge in [0.25, 0.3) is 0 Å². The van der Waals surface area contributed by atoms with Crippen LogP contribution < -0.4 is 0 Å². The predicted octanol–water partition coefficient (Wildman–Crippen LogP) is 16.0. The van der Waals surface area contributed by atoms with Crippen LogP contribution in [0.3, 0.4) is 0 Å².